The highest BCUT2D eigenvalue weighted by molar-refractivity contribution is 7.09. The van der Waals surface area contributed by atoms with Crippen LogP contribution >= 0.6 is 11.3 Å². The van der Waals surface area contributed by atoms with E-state index in [1.54, 1.807) is 5.38 Å². The van der Waals surface area contributed by atoms with E-state index in [0.29, 0.717) is 11.6 Å². The first-order valence-electron chi connectivity index (χ1n) is 10.7. The molecule has 0 spiro atoms. The normalized spacial score (nSPS) is 19.5. The molecule has 30 heavy (non-hydrogen) atoms. The van der Waals surface area contributed by atoms with E-state index in [9.17, 15) is 9.59 Å². The van der Waals surface area contributed by atoms with Crippen LogP contribution in [-0.4, -0.2) is 58.0 Å². The van der Waals surface area contributed by atoms with Crippen LogP contribution in [0.3, 0.4) is 0 Å². The maximum Gasteiger partial charge on any atom is 0.330 e. The second kappa shape index (κ2) is 10.8. The third kappa shape index (κ3) is 6.86. The minimum atomic E-state index is -2.06. The number of methoxy groups -OCH3 is 1. The van der Waals surface area contributed by atoms with Gasteiger partial charge in [-0.2, -0.15) is 0 Å². The summed E-state index contributed by atoms with van der Waals surface area (Å²) in [5, 5.41) is 8.98. The maximum absolute atomic E-state index is 12.8. The van der Waals surface area contributed by atoms with Crippen molar-refractivity contribution in [2.75, 3.05) is 26.8 Å². The predicted molar refractivity (Wildman–Crippen MR) is 123 cm³/mol. The smallest absolute Gasteiger partial charge is 0.330 e. The van der Waals surface area contributed by atoms with E-state index in [1.807, 2.05) is 0 Å². The molecule has 0 bridgehead atoms. The molecule has 1 aromatic rings. The van der Waals surface area contributed by atoms with Gasteiger partial charge in [-0.3, -0.25) is 4.79 Å². The highest BCUT2D eigenvalue weighted by atomic mass is 32.1. The molecule has 2 heterocycles. The topological polar surface area (TPSA) is 89.5 Å². The Morgan fingerprint density at radius 2 is 2.03 bits per heavy atom. The Hall–Kier alpha value is -1.29. The molecule has 170 valence electrons. The molecule has 1 fully saturated rings. The summed E-state index contributed by atoms with van der Waals surface area (Å²) in [6.45, 7) is 12.8. The number of nitrogens with one attached hydrogen (secondary N) is 2. The van der Waals surface area contributed by atoms with Crippen molar-refractivity contribution in [2.45, 2.75) is 76.5 Å². The molecular weight excluding hydrogens is 418 g/mol. The monoisotopic (exact) mass is 455 g/mol. The first-order chi connectivity index (χ1) is 14.0. The fraction of sp³-hybridized carbons (Fsp3) is 0.762. The van der Waals surface area contributed by atoms with Gasteiger partial charge in [0.25, 0.3) is 5.91 Å². The Morgan fingerprint density at radius 3 is 2.70 bits per heavy atom. The Balaban J connectivity index is 2.03. The number of rotatable bonds is 7. The van der Waals surface area contributed by atoms with Crippen LogP contribution in [-0.2, 0) is 14.0 Å². The van der Waals surface area contributed by atoms with E-state index in [2.05, 4.69) is 49.5 Å². The van der Waals surface area contributed by atoms with Crippen LogP contribution in [0, 0.1) is 0 Å². The minimum absolute atomic E-state index is 0.00788. The summed E-state index contributed by atoms with van der Waals surface area (Å²) in [5.74, 6) is -0.498. The first-order valence-corrected chi connectivity index (χ1v) is 14.5. The number of carbonyl (C=O) groups is 2. The number of carbonyl (C=O) groups excluding carboxylic acids is 2. The van der Waals surface area contributed by atoms with Crippen molar-refractivity contribution in [3.63, 3.8) is 0 Å². The van der Waals surface area contributed by atoms with Gasteiger partial charge in [0.05, 0.1) is 18.7 Å². The lowest BCUT2D eigenvalue weighted by Gasteiger charge is -2.37. The number of aromatic nitrogens is 1. The molecule has 7 nitrogen and oxygen atoms in total. The highest BCUT2D eigenvalue weighted by Crippen LogP contribution is 2.36. The molecule has 2 atom stereocenters. The van der Waals surface area contributed by atoms with E-state index in [-0.39, 0.29) is 17.6 Å². The fourth-order valence-electron chi connectivity index (χ4n) is 3.06. The number of hydrogen-bond donors (Lipinski definition) is 2. The lowest BCUT2D eigenvalue weighted by atomic mass is 9.97. The van der Waals surface area contributed by atoms with Crippen LogP contribution in [0.25, 0.3) is 0 Å². The predicted octanol–water partition coefficient (Wildman–Crippen LogP) is 3.68. The number of amides is 1. The van der Waals surface area contributed by atoms with Gasteiger partial charge in [0.1, 0.15) is 11.7 Å². The zero-order chi connectivity index (χ0) is 22.4. The maximum atomic E-state index is 12.8. The van der Waals surface area contributed by atoms with Crippen molar-refractivity contribution >= 4 is 31.5 Å². The van der Waals surface area contributed by atoms with Gasteiger partial charge < -0.3 is 19.8 Å². The number of esters is 1. The number of thiazole rings is 1. The van der Waals surface area contributed by atoms with Gasteiger partial charge >= 0.3 is 5.97 Å². The molecule has 2 N–H and O–H groups in total. The van der Waals surface area contributed by atoms with E-state index < -0.39 is 20.3 Å². The summed E-state index contributed by atoms with van der Waals surface area (Å²) < 4.78 is 11.0. The summed E-state index contributed by atoms with van der Waals surface area (Å²) >= 11 is 1.52. The average molecular weight is 456 g/mol. The SMILES string of the molecule is COC(=O)[C@H](CO[Si](C)(C)C(C)(C)C)NC(=O)c1csc(C2CCCCNCC2)n1. The van der Waals surface area contributed by atoms with E-state index in [0.717, 1.165) is 37.4 Å². The second-order valence-electron chi connectivity index (χ2n) is 9.42. The van der Waals surface area contributed by atoms with Crippen LogP contribution in [0.15, 0.2) is 5.38 Å². The molecule has 2 rings (SSSR count). The van der Waals surface area contributed by atoms with Gasteiger partial charge in [-0.05, 0) is 50.5 Å². The Labute approximate surface area is 185 Å². The standard InChI is InChI=1S/C21H37N3O4SSi/c1-21(2,3)30(5,6)28-13-16(20(26)27-4)23-18(25)17-14-29-19(24-17)15-9-7-8-11-22-12-10-15/h14-16,22H,7-13H2,1-6H3,(H,23,25)/t15?,16-/m0/s1. The molecule has 0 aromatic carbocycles. The van der Waals surface area contributed by atoms with Gasteiger partial charge in [0.2, 0.25) is 0 Å². The third-order valence-corrected chi connectivity index (χ3v) is 11.6. The highest BCUT2D eigenvalue weighted by Gasteiger charge is 2.38. The number of nitrogens with zero attached hydrogens (tertiary/aromatic N) is 1. The second-order valence-corrected chi connectivity index (χ2v) is 15.1. The molecule has 0 aliphatic carbocycles. The molecule has 1 aliphatic rings. The Kier molecular flexibility index (Phi) is 9.02. The van der Waals surface area contributed by atoms with Gasteiger partial charge in [-0.25, -0.2) is 9.78 Å². The molecule has 0 saturated carbocycles. The first kappa shape index (κ1) is 25.0. The molecule has 1 amide bonds. The molecule has 9 heteroatoms. The molecule has 1 unspecified atom stereocenters. The van der Waals surface area contributed by atoms with Crippen LogP contribution < -0.4 is 10.6 Å². The van der Waals surface area contributed by atoms with Crippen molar-refractivity contribution in [2.24, 2.45) is 0 Å². The number of hydrogen-bond acceptors (Lipinski definition) is 7. The zero-order valence-corrected chi connectivity index (χ0v) is 21.0. The molecule has 1 saturated heterocycles. The summed E-state index contributed by atoms with van der Waals surface area (Å²) in [7, 11) is -0.746. The molecule has 0 radical (unpaired) electrons. The van der Waals surface area contributed by atoms with Crippen molar-refractivity contribution in [1.82, 2.24) is 15.6 Å². The van der Waals surface area contributed by atoms with Crippen LogP contribution in [0.5, 0.6) is 0 Å². The van der Waals surface area contributed by atoms with Gasteiger partial charge in [0, 0.05) is 11.3 Å². The lowest BCUT2D eigenvalue weighted by molar-refractivity contribution is -0.143. The number of ether oxygens (including phenoxy) is 1. The van der Waals surface area contributed by atoms with E-state index in [4.69, 9.17) is 9.16 Å². The molecular formula is C21H37N3O4SSi. The summed E-state index contributed by atoms with van der Waals surface area (Å²) in [6.07, 6.45) is 4.46. The summed E-state index contributed by atoms with van der Waals surface area (Å²) in [4.78, 5) is 29.6. The summed E-state index contributed by atoms with van der Waals surface area (Å²) in [6, 6.07) is -0.854. The van der Waals surface area contributed by atoms with Gasteiger partial charge in [0.15, 0.2) is 8.32 Å². The largest absolute Gasteiger partial charge is 0.467 e. The lowest BCUT2D eigenvalue weighted by Crippen LogP contribution is -2.49. The zero-order valence-electron chi connectivity index (χ0n) is 19.2. The van der Waals surface area contributed by atoms with Crippen molar-refractivity contribution in [1.29, 1.82) is 0 Å². The van der Waals surface area contributed by atoms with E-state index in [1.165, 1.54) is 24.9 Å². The van der Waals surface area contributed by atoms with Crippen LogP contribution in [0.1, 0.15) is 67.9 Å². The Bertz CT molecular complexity index is 709. The van der Waals surface area contributed by atoms with E-state index >= 15 is 0 Å². The van der Waals surface area contributed by atoms with Crippen molar-refractivity contribution < 1.29 is 18.8 Å². The Morgan fingerprint density at radius 1 is 1.30 bits per heavy atom. The molecule has 1 aromatic heterocycles. The average Bonchev–Trinajstić information content (AvgIpc) is 3.13. The fourth-order valence-corrected chi connectivity index (χ4v) is 5.05. The van der Waals surface area contributed by atoms with Gasteiger partial charge in [-0.1, -0.05) is 27.2 Å². The molecule has 1 aliphatic heterocycles. The van der Waals surface area contributed by atoms with Gasteiger partial charge in [-0.15, -0.1) is 11.3 Å². The van der Waals surface area contributed by atoms with Crippen LogP contribution in [0.2, 0.25) is 18.1 Å². The quantitative estimate of drug-likeness (QED) is 0.481. The minimum Gasteiger partial charge on any atom is -0.467 e. The van der Waals surface area contributed by atoms with Crippen LogP contribution in [0.4, 0.5) is 0 Å². The summed E-state index contributed by atoms with van der Waals surface area (Å²) in [5.41, 5.74) is 0.353. The van der Waals surface area contributed by atoms with Crippen molar-refractivity contribution in [3.05, 3.63) is 16.1 Å². The van der Waals surface area contributed by atoms with Crippen molar-refractivity contribution in [3.8, 4) is 0 Å². The third-order valence-electron chi connectivity index (χ3n) is 6.14.